The van der Waals surface area contributed by atoms with E-state index in [1.807, 2.05) is 0 Å². The number of amides is 1. The van der Waals surface area contributed by atoms with Crippen molar-refractivity contribution in [1.29, 1.82) is 0 Å². The maximum Gasteiger partial charge on any atom is 0.292 e. The van der Waals surface area contributed by atoms with E-state index in [9.17, 15) is 14.9 Å². The lowest BCUT2D eigenvalue weighted by molar-refractivity contribution is -0.383. The fourth-order valence-corrected chi connectivity index (χ4v) is 4.24. The molecule has 1 aromatic rings. The first-order chi connectivity index (χ1) is 11.5. The van der Waals surface area contributed by atoms with E-state index < -0.39 is 4.92 Å². The molecule has 1 N–H and O–H groups in total. The molecule has 0 unspecified atom stereocenters. The third kappa shape index (κ3) is 3.87. The molecule has 1 aliphatic heterocycles. The number of rotatable bonds is 4. The van der Waals surface area contributed by atoms with Crippen LogP contribution >= 0.6 is 11.6 Å². The van der Waals surface area contributed by atoms with Gasteiger partial charge in [-0.2, -0.15) is 0 Å². The van der Waals surface area contributed by atoms with Crippen molar-refractivity contribution in [3.05, 3.63) is 33.3 Å². The van der Waals surface area contributed by atoms with E-state index in [4.69, 9.17) is 11.6 Å². The van der Waals surface area contributed by atoms with Gasteiger partial charge >= 0.3 is 0 Å². The first kappa shape index (κ1) is 17.2. The van der Waals surface area contributed by atoms with Crippen molar-refractivity contribution in [3.8, 4) is 0 Å². The molecule has 0 aromatic heterocycles. The maximum absolute atomic E-state index is 12.4. The van der Waals surface area contributed by atoms with Crippen LogP contribution in [0.15, 0.2) is 18.2 Å². The van der Waals surface area contributed by atoms with Crippen LogP contribution in [0.1, 0.15) is 38.5 Å². The molecular formula is C17H22ClN3O3. The van der Waals surface area contributed by atoms with Gasteiger partial charge in [-0.1, -0.05) is 24.4 Å². The summed E-state index contributed by atoms with van der Waals surface area (Å²) >= 11 is 5.90. The zero-order valence-corrected chi connectivity index (χ0v) is 14.3. The number of hydrogen-bond donors (Lipinski definition) is 1. The molecule has 1 saturated carbocycles. The number of nitro benzene ring substituents is 1. The van der Waals surface area contributed by atoms with E-state index in [2.05, 4.69) is 10.2 Å². The van der Waals surface area contributed by atoms with E-state index >= 15 is 0 Å². The van der Waals surface area contributed by atoms with E-state index in [0.29, 0.717) is 17.0 Å². The van der Waals surface area contributed by atoms with Gasteiger partial charge in [0.1, 0.15) is 5.69 Å². The second-order valence-corrected chi connectivity index (χ2v) is 7.13. The standard InChI is InChI=1S/C17H22ClN3O3/c18-13-7-8-16(21(23)24)14(10-13)19-17(22)11-20-9-3-5-12-4-1-2-6-15(12)20/h7-8,10,12,15H,1-6,9,11H2,(H,19,22)/t12-,15-/m0/s1. The Labute approximate surface area is 146 Å². The molecule has 2 fully saturated rings. The molecule has 1 heterocycles. The molecule has 1 aromatic carbocycles. The highest BCUT2D eigenvalue weighted by Gasteiger charge is 2.34. The zero-order valence-electron chi connectivity index (χ0n) is 13.5. The van der Waals surface area contributed by atoms with Gasteiger partial charge in [-0.3, -0.25) is 19.8 Å². The molecule has 2 aliphatic rings. The van der Waals surface area contributed by atoms with E-state index in [0.717, 1.165) is 19.4 Å². The highest BCUT2D eigenvalue weighted by atomic mass is 35.5. The van der Waals surface area contributed by atoms with Crippen molar-refractivity contribution >= 4 is 28.9 Å². The van der Waals surface area contributed by atoms with Gasteiger partial charge in [0.05, 0.1) is 11.5 Å². The van der Waals surface area contributed by atoms with Crippen molar-refractivity contribution in [2.75, 3.05) is 18.4 Å². The summed E-state index contributed by atoms with van der Waals surface area (Å²) < 4.78 is 0. The Kier molecular flexibility index (Phi) is 5.36. The minimum absolute atomic E-state index is 0.137. The Bertz CT molecular complexity index is 636. The Morgan fingerprint density at radius 3 is 2.83 bits per heavy atom. The number of piperidine rings is 1. The van der Waals surface area contributed by atoms with Gasteiger partial charge in [0, 0.05) is 17.1 Å². The summed E-state index contributed by atoms with van der Waals surface area (Å²) in [5.41, 5.74) is 0.0247. The molecule has 1 aliphatic carbocycles. The number of carbonyl (C=O) groups excluding carboxylic acids is 1. The topological polar surface area (TPSA) is 75.5 Å². The number of nitrogens with one attached hydrogen (secondary N) is 1. The number of likely N-dealkylation sites (tertiary alicyclic amines) is 1. The largest absolute Gasteiger partial charge is 0.319 e. The molecule has 3 rings (SSSR count). The molecule has 0 radical (unpaired) electrons. The van der Waals surface area contributed by atoms with Crippen molar-refractivity contribution in [2.45, 2.75) is 44.6 Å². The van der Waals surface area contributed by atoms with Crippen LogP contribution in [0.5, 0.6) is 0 Å². The third-order valence-electron chi connectivity index (χ3n) is 5.13. The van der Waals surface area contributed by atoms with Gasteiger partial charge in [0.2, 0.25) is 5.91 Å². The summed E-state index contributed by atoms with van der Waals surface area (Å²) in [5, 5.41) is 14.1. The van der Waals surface area contributed by atoms with Crippen LogP contribution in [0, 0.1) is 16.0 Å². The van der Waals surface area contributed by atoms with Crippen LogP contribution < -0.4 is 5.32 Å². The summed E-state index contributed by atoms with van der Waals surface area (Å²) in [4.78, 5) is 25.3. The molecule has 1 amide bonds. The van der Waals surface area contributed by atoms with E-state index in [1.54, 1.807) is 0 Å². The van der Waals surface area contributed by atoms with Crippen LogP contribution in [-0.2, 0) is 4.79 Å². The molecule has 7 heteroatoms. The predicted molar refractivity (Wildman–Crippen MR) is 93.3 cm³/mol. The number of nitrogens with zero attached hydrogens (tertiary/aromatic N) is 2. The van der Waals surface area contributed by atoms with Gasteiger partial charge in [-0.15, -0.1) is 0 Å². The number of benzene rings is 1. The van der Waals surface area contributed by atoms with Gasteiger partial charge < -0.3 is 5.32 Å². The van der Waals surface area contributed by atoms with Gasteiger partial charge in [0.15, 0.2) is 0 Å². The fraction of sp³-hybridized carbons (Fsp3) is 0.588. The average Bonchev–Trinajstić information content (AvgIpc) is 2.55. The number of fused-ring (bicyclic) bond motifs is 1. The quantitative estimate of drug-likeness (QED) is 0.660. The van der Waals surface area contributed by atoms with Crippen LogP contribution in [0.4, 0.5) is 11.4 Å². The maximum atomic E-state index is 12.4. The van der Waals surface area contributed by atoms with E-state index in [1.165, 1.54) is 43.9 Å². The summed E-state index contributed by atoms with van der Waals surface area (Å²) in [5.74, 6) is 0.479. The lowest BCUT2D eigenvalue weighted by atomic mass is 9.78. The SMILES string of the molecule is O=C(CN1CCC[C@@H]2CCCC[C@@H]21)Nc1cc(Cl)ccc1[N+](=O)[O-]. The Morgan fingerprint density at radius 1 is 1.29 bits per heavy atom. The van der Waals surface area contributed by atoms with Crippen molar-refractivity contribution in [3.63, 3.8) is 0 Å². The van der Waals surface area contributed by atoms with Gasteiger partial charge in [-0.25, -0.2) is 0 Å². The molecule has 130 valence electrons. The number of nitro groups is 1. The Balaban J connectivity index is 1.67. The lowest BCUT2D eigenvalue weighted by Gasteiger charge is -2.43. The van der Waals surface area contributed by atoms with Crippen LogP contribution in [-0.4, -0.2) is 34.9 Å². The summed E-state index contributed by atoms with van der Waals surface area (Å²) in [6, 6.07) is 4.67. The molecular weight excluding hydrogens is 330 g/mol. The Hall–Kier alpha value is -1.66. The normalized spacial score (nSPS) is 24.2. The number of carbonyl (C=O) groups is 1. The number of anilines is 1. The van der Waals surface area contributed by atoms with Gasteiger partial charge in [0.25, 0.3) is 5.69 Å². The average molecular weight is 352 g/mol. The third-order valence-corrected chi connectivity index (χ3v) is 5.37. The highest BCUT2D eigenvalue weighted by molar-refractivity contribution is 6.31. The molecule has 2 atom stereocenters. The molecule has 0 bridgehead atoms. The van der Waals surface area contributed by atoms with Crippen molar-refractivity contribution in [2.24, 2.45) is 5.92 Å². The van der Waals surface area contributed by atoms with Crippen molar-refractivity contribution in [1.82, 2.24) is 4.90 Å². The van der Waals surface area contributed by atoms with Crippen LogP contribution in [0.2, 0.25) is 5.02 Å². The van der Waals surface area contributed by atoms with E-state index in [-0.39, 0.29) is 23.8 Å². The predicted octanol–water partition coefficient (Wildman–Crippen LogP) is 3.84. The monoisotopic (exact) mass is 351 g/mol. The highest BCUT2D eigenvalue weighted by Crippen LogP contribution is 2.35. The minimum atomic E-state index is -0.510. The number of hydrogen-bond acceptors (Lipinski definition) is 4. The summed E-state index contributed by atoms with van der Waals surface area (Å²) in [7, 11) is 0. The molecule has 1 saturated heterocycles. The second kappa shape index (κ2) is 7.49. The molecule has 24 heavy (non-hydrogen) atoms. The lowest BCUT2D eigenvalue weighted by Crippen LogP contribution is -2.49. The Morgan fingerprint density at radius 2 is 2.04 bits per heavy atom. The summed E-state index contributed by atoms with van der Waals surface area (Å²) in [6.45, 7) is 1.21. The van der Waals surface area contributed by atoms with Gasteiger partial charge in [-0.05, 0) is 50.3 Å². The first-order valence-corrected chi connectivity index (χ1v) is 8.90. The van der Waals surface area contributed by atoms with Crippen molar-refractivity contribution < 1.29 is 9.72 Å². The first-order valence-electron chi connectivity index (χ1n) is 8.52. The smallest absolute Gasteiger partial charge is 0.292 e. The summed E-state index contributed by atoms with van der Waals surface area (Å²) in [6.07, 6.45) is 7.28. The number of halogens is 1. The van der Waals surface area contributed by atoms with Crippen LogP contribution in [0.3, 0.4) is 0 Å². The molecule has 0 spiro atoms. The van der Waals surface area contributed by atoms with Crippen LogP contribution in [0.25, 0.3) is 0 Å². The fourth-order valence-electron chi connectivity index (χ4n) is 4.07. The second-order valence-electron chi connectivity index (χ2n) is 6.69. The minimum Gasteiger partial charge on any atom is -0.319 e. The molecule has 6 nitrogen and oxygen atoms in total. The zero-order chi connectivity index (χ0) is 17.1.